The van der Waals surface area contributed by atoms with E-state index < -0.39 is 23.1 Å². The fraction of sp³-hybridized carbons (Fsp3) is 0.571. The number of piperidine rings is 1. The Morgan fingerprint density at radius 3 is 2.57 bits per heavy atom. The molecule has 0 saturated carbocycles. The summed E-state index contributed by atoms with van der Waals surface area (Å²) in [5, 5.41) is 4.00. The van der Waals surface area contributed by atoms with Gasteiger partial charge in [0, 0.05) is 56.3 Å². The lowest BCUT2D eigenvalue weighted by Crippen LogP contribution is -2.55. The quantitative estimate of drug-likeness (QED) is 0.741. The molecule has 6 nitrogen and oxygen atoms in total. The molecule has 1 aromatic carbocycles. The lowest BCUT2D eigenvalue weighted by molar-refractivity contribution is -0.511. The zero-order chi connectivity index (χ0) is 21.4. The molecule has 4 rings (SSSR count). The van der Waals surface area contributed by atoms with Gasteiger partial charge in [-0.05, 0) is 32.0 Å². The van der Waals surface area contributed by atoms with Crippen LogP contribution in [0, 0.1) is 0 Å². The predicted molar refractivity (Wildman–Crippen MR) is 106 cm³/mol. The number of alkyl halides is 3. The highest BCUT2D eigenvalue weighted by molar-refractivity contribution is 5.91. The van der Waals surface area contributed by atoms with Gasteiger partial charge in [-0.2, -0.15) is 13.2 Å². The van der Waals surface area contributed by atoms with Crippen LogP contribution >= 0.6 is 0 Å². The van der Waals surface area contributed by atoms with E-state index >= 15 is 0 Å². The lowest BCUT2D eigenvalue weighted by atomic mass is 10.0. The highest BCUT2D eigenvalue weighted by Crippen LogP contribution is 2.35. The molecule has 1 spiro atoms. The summed E-state index contributed by atoms with van der Waals surface area (Å²) in [6, 6.07) is 5.42. The Morgan fingerprint density at radius 1 is 1.13 bits per heavy atom. The molecule has 30 heavy (non-hydrogen) atoms. The summed E-state index contributed by atoms with van der Waals surface area (Å²) in [6.45, 7) is 7.45. The van der Waals surface area contributed by atoms with Crippen LogP contribution in [-0.4, -0.2) is 54.1 Å². The van der Waals surface area contributed by atoms with Crippen LogP contribution in [0.1, 0.15) is 32.3 Å². The standard InChI is InChI=1S/C21H26F3N3O3/c1-19(2)14-28-20(30-29-19)6-10-27(11-7-20)12-9-26-17-5-8-25-18-13-15(21(22,23)24)3-4-16(17)18/h3-5,8,13H,6-7,9-12,14H2,1-2H3,(H,25,26). The van der Waals surface area contributed by atoms with Crippen molar-refractivity contribution in [3.05, 3.63) is 36.0 Å². The minimum atomic E-state index is -4.38. The molecule has 0 amide bonds. The molecule has 1 N–H and O–H groups in total. The van der Waals surface area contributed by atoms with Gasteiger partial charge in [-0.1, -0.05) is 6.07 Å². The summed E-state index contributed by atoms with van der Waals surface area (Å²) >= 11 is 0. The van der Waals surface area contributed by atoms with Gasteiger partial charge < -0.3 is 15.0 Å². The summed E-state index contributed by atoms with van der Waals surface area (Å²) in [7, 11) is 0. The van der Waals surface area contributed by atoms with E-state index in [0.29, 0.717) is 24.1 Å². The molecular weight excluding hydrogens is 399 g/mol. The fourth-order valence-electron chi connectivity index (χ4n) is 3.71. The highest BCUT2D eigenvalue weighted by Gasteiger charge is 2.44. The largest absolute Gasteiger partial charge is 0.416 e. The number of ether oxygens (including phenoxy) is 1. The van der Waals surface area contributed by atoms with E-state index in [1.54, 1.807) is 6.07 Å². The molecule has 1 aromatic heterocycles. The Labute approximate surface area is 173 Å². The van der Waals surface area contributed by atoms with Gasteiger partial charge in [0.15, 0.2) is 0 Å². The smallest absolute Gasteiger partial charge is 0.383 e. The topological polar surface area (TPSA) is 55.9 Å². The Kier molecular flexibility index (Phi) is 5.65. The van der Waals surface area contributed by atoms with E-state index in [4.69, 9.17) is 14.5 Å². The van der Waals surface area contributed by atoms with Crippen LogP contribution in [0.15, 0.2) is 30.5 Å². The van der Waals surface area contributed by atoms with Crippen molar-refractivity contribution >= 4 is 16.6 Å². The number of anilines is 1. The minimum Gasteiger partial charge on any atom is -0.383 e. The van der Waals surface area contributed by atoms with Crippen molar-refractivity contribution < 1.29 is 27.7 Å². The van der Waals surface area contributed by atoms with Crippen molar-refractivity contribution in [3.63, 3.8) is 0 Å². The first-order valence-corrected chi connectivity index (χ1v) is 10.1. The molecule has 2 fully saturated rings. The van der Waals surface area contributed by atoms with Crippen LogP contribution in [0.25, 0.3) is 10.9 Å². The summed E-state index contributed by atoms with van der Waals surface area (Å²) in [5.74, 6) is -0.656. The summed E-state index contributed by atoms with van der Waals surface area (Å²) < 4.78 is 44.7. The van der Waals surface area contributed by atoms with Gasteiger partial charge in [0.05, 0.1) is 17.7 Å². The van der Waals surface area contributed by atoms with E-state index in [-0.39, 0.29) is 0 Å². The minimum absolute atomic E-state index is 0.323. The molecule has 3 heterocycles. The molecule has 0 bridgehead atoms. The maximum absolute atomic E-state index is 12.9. The fourth-order valence-corrected chi connectivity index (χ4v) is 3.71. The summed E-state index contributed by atoms with van der Waals surface area (Å²) in [4.78, 5) is 17.4. The average molecular weight is 425 g/mol. The number of nitrogens with one attached hydrogen (secondary N) is 1. The molecule has 0 radical (unpaired) electrons. The Balaban J connectivity index is 1.31. The van der Waals surface area contributed by atoms with E-state index in [1.807, 2.05) is 13.8 Å². The third kappa shape index (κ3) is 4.69. The average Bonchev–Trinajstić information content (AvgIpc) is 2.71. The number of rotatable bonds is 4. The first-order valence-electron chi connectivity index (χ1n) is 10.1. The third-order valence-corrected chi connectivity index (χ3v) is 5.53. The second kappa shape index (κ2) is 7.96. The van der Waals surface area contributed by atoms with Crippen molar-refractivity contribution in [3.8, 4) is 0 Å². The number of benzene rings is 1. The van der Waals surface area contributed by atoms with Crippen molar-refractivity contribution in [1.29, 1.82) is 0 Å². The summed E-state index contributed by atoms with van der Waals surface area (Å²) in [5.41, 5.74) is -0.0250. The molecule has 0 atom stereocenters. The lowest BCUT2D eigenvalue weighted by Gasteiger charge is -2.45. The number of aromatic nitrogens is 1. The Morgan fingerprint density at radius 2 is 1.90 bits per heavy atom. The first-order chi connectivity index (χ1) is 14.2. The predicted octanol–water partition coefficient (Wildman–Crippen LogP) is 4.21. The second-order valence-corrected chi connectivity index (χ2v) is 8.48. The number of pyridine rings is 1. The monoisotopic (exact) mass is 425 g/mol. The zero-order valence-electron chi connectivity index (χ0n) is 17.1. The van der Waals surface area contributed by atoms with E-state index in [0.717, 1.165) is 50.3 Å². The van der Waals surface area contributed by atoms with Crippen molar-refractivity contribution in [2.24, 2.45) is 0 Å². The van der Waals surface area contributed by atoms with Gasteiger partial charge in [0.2, 0.25) is 5.79 Å². The molecular formula is C21H26F3N3O3. The highest BCUT2D eigenvalue weighted by atomic mass is 19.4. The Hall–Kier alpha value is -1.94. The van der Waals surface area contributed by atoms with Gasteiger partial charge in [-0.3, -0.25) is 4.98 Å². The SMILES string of the molecule is CC1(C)COC2(CCN(CCNc3ccnc4cc(C(F)(F)F)ccc34)CC2)OO1. The van der Waals surface area contributed by atoms with Crippen LogP contribution in [0.4, 0.5) is 18.9 Å². The molecule has 2 saturated heterocycles. The maximum Gasteiger partial charge on any atom is 0.416 e. The number of hydrogen-bond acceptors (Lipinski definition) is 6. The first kappa shape index (κ1) is 21.3. The van der Waals surface area contributed by atoms with Crippen molar-refractivity contribution in [2.45, 2.75) is 44.3 Å². The molecule has 2 aliphatic rings. The van der Waals surface area contributed by atoms with Gasteiger partial charge in [-0.25, -0.2) is 9.78 Å². The normalized spacial score (nSPS) is 21.8. The molecule has 164 valence electrons. The molecule has 0 unspecified atom stereocenters. The van der Waals surface area contributed by atoms with Gasteiger partial charge in [0.25, 0.3) is 0 Å². The number of likely N-dealkylation sites (tertiary alicyclic amines) is 1. The second-order valence-electron chi connectivity index (χ2n) is 8.48. The van der Waals surface area contributed by atoms with Crippen LogP contribution in [0.3, 0.4) is 0 Å². The molecule has 0 aliphatic carbocycles. The van der Waals surface area contributed by atoms with Crippen molar-refractivity contribution in [2.75, 3.05) is 38.1 Å². The van der Waals surface area contributed by atoms with E-state index in [1.165, 1.54) is 12.3 Å². The number of fused-ring (bicyclic) bond motifs is 1. The summed E-state index contributed by atoms with van der Waals surface area (Å²) in [6.07, 6.45) is -1.41. The van der Waals surface area contributed by atoms with Crippen LogP contribution in [0.2, 0.25) is 0 Å². The van der Waals surface area contributed by atoms with Crippen LogP contribution in [0.5, 0.6) is 0 Å². The number of nitrogens with zero attached hydrogens (tertiary/aromatic N) is 2. The van der Waals surface area contributed by atoms with Crippen molar-refractivity contribution in [1.82, 2.24) is 9.88 Å². The zero-order valence-corrected chi connectivity index (χ0v) is 17.1. The van der Waals surface area contributed by atoms with Gasteiger partial charge >= 0.3 is 6.18 Å². The van der Waals surface area contributed by atoms with Crippen LogP contribution in [-0.2, 0) is 20.7 Å². The van der Waals surface area contributed by atoms with Gasteiger partial charge in [0.1, 0.15) is 5.60 Å². The van der Waals surface area contributed by atoms with E-state index in [2.05, 4.69) is 15.2 Å². The molecule has 2 aromatic rings. The van der Waals surface area contributed by atoms with Crippen LogP contribution < -0.4 is 5.32 Å². The van der Waals surface area contributed by atoms with E-state index in [9.17, 15) is 13.2 Å². The van der Waals surface area contributed by atoms with Gasteiger partial charge in [-0.15, -0.1) is 0 Å². The third-order valence-electron chi connectivity index (χ3n) is 5.53. The number of halogens is 3. The number of hydrogen-bond donors (Lipinski definition) is 1. The maximum atomic E-state index is 12.9. The molecule has 2 aliphatic heterocycles. The molecule has 9 heteroatoms. The Bertz CT molecular complexity index is 884.